The minimum atomic E-state index is -0.496. The van der Waals surface area contributed by atoms with Crippen LogP contribution in [-0.4, -0.2) is 24.5 Å². The molecular weight excluding hydrogens is 556 g/mol. The first-order valence-electron chi connectivity index (χ1n) is 14.7. The van der Waals surface area contributed by atoms with Gasteiger partial charge in [0.15, 0.2) is 11.6 Å². The van der Waals surface area contributed by atoms with Gasteiger partial charge in [-0.3, -0.25) is 4.57 Å². The number of nitrogens with zero attached hydrogens (tertiary/aromatic N) is 6. The molecule has 0 bridgehead atoms. The number of aromatic nitrogens is 5. The quantitative estimate of drug-likeness (QED) is 0.207. The summed E-state index contributed by atoms with van der Waals surface area (Å²) in [5.41, 5.74) is 6.32. The number of fused-ring (bicyclic) bond motifs is 3. The molecule has 2 aromatic heterocycles. The fourth-order valence-electron chi connectivity index (χ4n) is 6.17. The third kappa shape index (κ3) is 4.35. The summed E-state index contributed by atoms with van der Waals surface area (Å²) in [5, 5.41) is 9.91. The predicted molar refractivity (Wildman–Crippen MR) is 174 cm³/mol. The molecular formula is C38H26N6O. The van der Waals surface area contributed by atoms with Crippen LogP contribution < -0.4 is 4.74 Å². The number of hydrogen-bond acceptors (Lipinski definition) is 6. The van der Waals surface area contributed by atoms with Crippen molar-refractivity contribution >= 4 is 11.0 Å². The molecule has 8 rings (SSSR count). The van der Waals surface area contributed by atoms with Crippen molar-refractivity contribution in [1.29, 1.82) is 5.26 Å². The lowest BCUT2D eigenvalue weighted by Gasteiger charge is -2.35. The van der Waals surface area contributed by atoms with Gasteiger partial charge in [0, 0.05) is 33.2 Å². The Hall–Kier alpha value is -6.13. The van der Waals surface area contributed by atoms with Gasteiger partial charge >= 0.3 is 0 Å². The number of ether oxygens (including phenoxy) is 1. The summed E-state index contributed by atoms with van der Waals surface area (Å²) in [4.78, 5) is 20.1. The van der Waals surface area contributed by atoms with E-state index < -0.39 is 5.41 Å². The van der Waals surface area contributed by atoms with E-state index in [1.165, 1.54) is 0 Å². The monoisotopic (exact) mass is 582 g/mol. The molecule has 1 aliphatic rings. The topological polar surface area (TPSA) is 89.5 Å². The molecule has 1 aliphatic heterocycles. The molecule has 0 aliphatic carbocycles. The van der Waals surface area contributed by atoms with E-state index in [0.29, 0.717) is 28.9 Å². The predicted octanol–water partition coefficient (Wildman–Crippen LogP) is 8.51. The van der Waals surface area contributed by atoms with E-state index in [1.807, 2.05) is 120 Å². The maximum atomic E-state index is 9.91. The third-order valence-electron chi connectivity index (χ3n) is 8.35. The second-order valence-corrected chi connectivity index (χ2v) is 11.5. The van der Waals surface area contributed by atoms with Crippen molar-refractivity contribution in [3.8, 4) is 57.7 Å². The molecule has 0 fully saturated rings. The van der Waals surface area contributed by atoms with Crippen LogP contribution in [0.1, 0.15) is 30.5 Å². The summed E-state index contributed by atoms with van der Waals surface area (Å²) >= 11 is 0. The maximum absolute atomic E-state index is 9.91. The number of nitriles is 1. The number of para-hydroxylation sites is 2. The lowest BCUT2D eigenvalue weighted by molar-refractivity contribution is 0.417. The first-order chi connectivity index (χ1) is 22.0. The highest BCUT2D eigenvalue weighted by Gasteiger charge is 2.37. The highest BCUT2D eigenvalue weighted by molar-refractivity contribution is 5.83. The molecule has 0 amide bonds. The molecule has 45 heavy (non-hydrogen) atoms. The van der Waals surface area contributed by atoms with Gasteiger partial charge < -0.3 is 4.74 Å². The Morgan fingerprint density at radius 1 is 0.644 bits per heavy atom. The van der Waals surface area contributed by atoms with E-state index in [-0.39, 0.29) is 0 Å². The van der Waals surface area contributed by atoms with Gasteiger partial charge in [-0.25, -0.2) is 9.97 Å². The molecule has 0 N–H and O–H groups in total. The van der Waals surface area contributed by atoms with Crippen LogP contribution in [0.4, 0.5) is 0 Å². The van der Waals surface area contributed by atoms with Crippen LogP contribution >= 0.6 is 0 Å². The molecule has 0 spiro atoms. The average molecular weight is 583 g/mol. The van der Waals surface area contributed by atoms with Crippen LogP contribution in [0.15, 0.2) is 121 Å². The van der Waals surface area contributed by atoms with Crippen LogP contribution in [-0.2, 0) is 5.41 Å². The van der Waals surface area contributed by atoms with E-state index in [9.17, 15) is 5.26 Å². The lowest BCUT2D eigenvalue weighted by Crippen LogP contribution is -2.25. The Labute approximate surface area is 260 Å². The smallest absolute Gasteiger partial charge is 0.240 e. The molecule has 7 aromatic rings. The Morgan fingerprint density at radius 2 is 1.33 bits per heavy atom. The van der Waals surface area contributed by atoms with Crippen molar-refractivity contribution in [1.82, 2.24) is 24.5 Å². The van der Waals surface area contributed by atoms with Gasteiger partial charge in [-0.15, -0.1) is 0 Å². The highest BCUT2D eigenvalue weighted by Crippen LogP contribution is 2.50. The van der Waals surface area contributed by atoms with Crippen LogP contribution in [0.25, 0.3) is 51.1 Å². The first-order valence-corrected chi connectivity index (χ1v) is 14.7. The summed E-state index contributed by atoms with van der Waals surface area (Å²) in [6.07, 6.45) is 0. The Kier molecular flexibility index (Phi) is 6.03. The third-order valence-corrected chi connectivity index (χ3v) is 8.35. The van der Waals surface area contributed by atoms with Gasteiger partial charge in [0.1, 0.15) is 17.3 Å². The van der Waals surface area contributed by atoms with Crippen molar-refractivity contribution in [2.24, 2.45) is 0 Å². The summed E-state index contributed by atoms with van der Waals surface area (Å²) in [7, 11) is 0. The maximum Gasteiger partial charge on any atom is 0.240 e. The second-order valence-electron chi connectivity index (χ2n) is 11.5. The van der Waals surface area contributed by atoms with Gasteiger partial charge in [-0.2, -0.15) is 15.2 Å². The number of hydrogen-bond donors (Lipinski definition) is 0. The van der Waals surface area contributed by atoms with E-state index in [1.54, 1.807) is 0 Å². The molecule has 3 heterocycles. The van der Waals surface area contributed by atoms with E-state index in [0.717, 1.165) is 50.4 Å². The fraction of sp³-hybridized carbons (Fsp3) is 0.0789. The van der Waals surface area contributed by atoms with Crippen LogP contribution in [0.5, 0.6) is 11.5 Å². The Balaban J connectivity index is 1.36. The zero-order valence-corrected chi connectivity index (χ0v) is 24.6. The van der Waals surface area contributed by atoms with Gasteiger partial charge in [0.25, 0.3) is 0 Å². The van der Waals surface area contributed by atoms with Gasteiger partial charge in [-0.1, -0.05) is 92.7 Å². The number of rotatable bonds is 4. The van der Waals surface area contributed by atoms with E-state index >= 15 is 0 Å². The summed E-state index contributed by atoms with van der Waals surface area (Å²) < 4.78 is 8.32. The largest absolute Gasteiger partial charge is 0.457 e. The molecule has 7 nitrogen and oxygen atoms in total. The molecule has 214 valence electrons. The summed E-state index contributed by atoms with van der Waals surface area (Å²) in [5.74, 6) is 3.74. The van der Waals surface area contributed by atoms with Crippen molar-refractivity contribution in [3.63, 3.8) is 0 Å². The standard InChI is InChI=1S/C38H26N6O/c1-38(2)28-22-26(20-21-31(28)45-32-19-11-16-27(23-39)33(32)38)35-41-34(24-12-5-3-6-13-24)42-37(43-35)44-30-18-10-9-17-29(30)40-36(44)25-14-7-4-8-15-25/h3-22H,1-2H3. The minimum Gasteiger partial charge on any atom is -0.457 e. The lowest BCUT2D eigenvalue weighted by atomic mass is 9.73. The first kappa shape index (κ1) is 26.5. The van der Waals surface area contributed by atoms with Gasteiger partial charge in [0.2, 0.25) is 5.95 Å². The van der Waals surface area contributed by atoms with Crippen LogP contribution in [0.3, 0.4) is 0 Å². The van der Waals surface area contributed by atoms with E-state index in [2.05, 4.69) is 26.0 Å². The van der Waals surface area contributed by atoms with Crippen molar-refractivity contribution in [3.05, 3.63) is 138 Å². The number of imidazole rings is 1. The molecule has 0 radical (unpaired) electrons. The molecule has 0 saturated heterocycles. The van der Waals surface area contributed by atoms with Crippen molar-refractivity contribution < 1.29 is 4.74 Å². The van der Waals surface area contributed by atoms with Crippen molar-refractivity contribution in [2.45, 2.75) is 19.3 Å². The Morgan fingerprint density at radius 3 is 2.09 bits per heavy atom. The second kappa shape index (κ2) is 10.2. The number of benzene rings is 5. The zero-order valence-electron chi connectivity index (χ0n) is 24.6. The SMILES string of the molecule is CC1(C)c2cc(-c3nc(-c4ccccc4)nc(-n4c(-c5ccccc5)nc5ccccc54)n3)ccc2Oc2cccc(C#N)c21. The normalized spacial score (nSPS) is 13.0. The molecule has 7 heteroatoms. The minimum absolute atomic E-state index is 0.469. The van der Waals surface area contributed by atoms with Crippen LogP contribution in [0.2, 0.25) is 0 Å². The molecule has 0 unspecified atom stereocenters. The van der Waals surface area contributed by atoms with Gasteiger partial charge in [0.05, 0.1) is 22.7 Å². The van der Waals surface area contributed by atoms with Crippen molar-refractivity contribution in [2.75, 3.05) is 0 Å². The van der Waals surface area contributed by atoms with Gasteiger partial charge in [-0.05, 0) is 42.5 Å². The zero-order chi connectivity index (χ0) is 30.5. The van der Waals surface area contributed by atoms with E-state index in [4.69, 9.17) is 24.7 Å². The fourth-order valence-corrected chi connectivity index (χ4v) is 6.17. The average Bonchev–Trinajstić information content (AvgIpc) is 3.48. The summed E-state index contributed by atoms with van der Waals surface area (Å²) in [6, 6.07) is 42.0. The summed E-state index contributed by atoms with van der Waals surface area (Å²) in [6.45, 7) is 4.24. The molecule has 5 aromatic carbocycles. The molecule has 0 atom stereocenters. The van der Waals surface area contributed by atoms with Crippen LogP contribution in [0, 0.1) is 11.3 Å². The molecule has 0 saturated carbocycles. The Bertz CT molecular complexity index is 2280. The highest BCUT2D eigenvalue weighted by atomic mass is 16.5.